The van der Waals surface area contributed by atoms with Gasteiger partial charge in [0.15, 0.2) is 0 Å². The summed E-state index contributed by atoms with van der Waals surface area (Å²) in [5.74, 6) is 2.78. The Kier molecular flexibility index (Phi) is 6.24. The average Bonchev–Trinajstić information content (AvgIpc) is 2.45. The van der Waals surface area contributed by atoms with E-state index in [0.717, 1.165) is 30.4 Å². The molecular formula is C18H27BrFN. The molecule has 1 saturated carbocycles. The molecule has 1 N–H and O–H groups in total. The first-order valence-electron chi connectivity index (χ1n) is 8.10. The Labute approximate surface area is 136 Å². The Morgan fingerprint density at radius 2 is 2.05 bits per heavy atom. The smallest absolute Gasteiger partial charge is 0.137 e. The van der Waals surface area contributed by atoms with Gasteiger partial charge in [0, 0.05) is 0 Å². The quantitative estimate of drug-likeness (QED) is 0.780. The summed E-state index contributed by atoms with van der Waals surface area (Å²) in [4.78, 5) is 0. The van der Waals surface area contributed by atoms with Crippen molar-refractivity contribution in [2.45, 2.75) is 39.5 Å². The number of nitrogens with one attached hydrogen (secondary N) is 1. The first-order valence-corrected chi connectivity index (χ1v) is 8.89. The van der Waals surface area contributed by atoms with Gasteiger partial charge in [0.05, 0.1) is 4.47 Å². The van der Waals surface area contributed by atoms with Crippen molar-refractivity contribution >= 4 is 15.9 Å². The Morgan fingerprint density at radius 1 is 1.29 bits per heavy atom. The third kappa shape index (κ3) is 4.29. The van der Waals surface area contributed by atoms with Crippen molar-refractivity contribution in [3.05, 3.63) is 34.1 Å². The van der Waals surface area contributed by atoms with Gasteiger partial charge >= 0.3 is 0 Å². The van der Waals surface area contributed by atoms with E-state index >= 15 is 0 Å². The van der Waals surface area contributed by atoms with Crippen LogP contribution >= 0.6 is 15.9 Å². The van der Waals surface area contributed by atoms with Crippen LogP contribution in [0, 0.1) is 29.5 Å². The van der Waals surface area contributed by atoms with Crippen molar-refractivity contribution < 1.29 is 4.39 Å². The lowest BCUT2D eigenvalue weighted by Crippen LogP contribution is -2.34. The van der Waals surface area contributed by atoms with E-state index in [0.29, 0.717) is 16.3 Å². The second kappa shape index (κ2) is 7.73. The predicted molar refractivity (Wildman–Crippen MR) is 90.9 cm³/mol. The van der Waals surface area contributed by atoms with Gasteiger partial charge in [0.2, 0.25) is 0 Å². The lowest BCUT2D eigenvalue weighted by Gasteiger charge is -2.38. The third-order valence-corrected chi connectivity index (χ3v) is 5.99. The standard InChI is InChI=1S/C18H27BrFN/c1-12(2)13-7-8-15(11-21-3)16(9-13)10-14-5-4-6-17(20)18(14)19/h4-6,12-13,15-16,21H,7-11H2,1-3H3. The molecule has 3 unspecified atom stereocenters. The molecule has 1 aliphatic carbocycles. The molecule has 1 aromatic carbocycles. The van der Waals surface area contributed by atoms with Crippen molar-refractivity contribution in [2.75, 3.05) is 13.6 Å². The summed E-state index contributed by atoms with van der Waals surface area (Å²) in [5.41, 5.74) is 1.12. The van der Waals surface area contributed by atoms with E-state index in [9.17, 15) is 4.39 Å². The number of benzene rings is 1. The van der Waals surface area contributed by atoms with E-state index in [1.165, 1.54) is 25.3 Å². The number of hydrogen-bond donors (Lipinski definition) is 1. The molecule has 0 aromatic heterocycles. The van der Waals surface area contributed by atoms with Crippen LogP contribution in [0.15, 0.2) is 22.7 Å². The molecule has 0 radical (unpaired) electrons. The van der Waals surface area contributed by atoms with Crippen LogP contribution in [-0.4, -0.2) is 13.6 Å². The zero-order valence-corrected chi connectivity index (χ0v) is 14.9. The van der Waals surface area contributed by atoms with Gasteiger partial charge in [-0.05, 0) is 90.5 Å². The maximum atomic E-state index is 13.7. The lowest BCUT2D eigenvalue weighted by molar-refractivity contribution is 0.146. The zero-order chi connectivity index (χ0) is 15.4. The van der Waals surface area contributed by atoms with Gasteiger partial charge in [-0.25, -0.2) is 4.39 Å². The summed E-state index contributed by atoms with van der Waals surface area (Å²) in [5, 5.41) is 3.34. The van der Waals surface area contributed by atoms with Crippen LogP contribution in [0.3, 0.4) is 0 Å². The van der Waals surface area contributed by atoms with Crippen molar-refractivity contribution in [2.24, 2.45) is 23.7 Å². The maximum absolute atomic E-state index is 13.7. The molecule has 3 heteroatoms. The zero-order valence-electron chi connectivity index (χ0n) is 13.3. The molecule has 3 atom stereocenters. The third-order valence-electron chi connectivity index (χ3n) is 5.10. The van der Waals surface area contributed by atoms with Crippen LogP contribution in [0.25, 0.3) is 0 Å². The normalized spacial score (nSPS) is 26.3. The molecule has 1 nitrogen and oxygen atoms in total. The molecule has 1 aromatic rings. The minimum atomic E-state index is -0.145. The van der Waals surface area contributed by atoms with Gasteiger partial charge in [0.1, 0.15) is 5.82 Å². The van der Waals surface area contributed by atoms with Crippen molar-refractivity contribution in [1.82, 2.24) is 5.32 Å². The molecule has 1 fully saturated rings. The molecule has 0 heterocycles. The minimum absolute atomic E-state index is 0.145. The molecular weight excluding hydrogens is 329 g/mol. The van der Waals surface area contributed by atoms with Gasteiger partial charge < -0.3 is 5.32 Å². The summed E-state index contributed by atoms with van der Waals surface area (Å²) in [6.07, 6.45) is 4.88. The molecule has 1 aliphatic rings. The minimum Gasteiger partial charge on any atom is -0.319 e. The highest BCUT2D eigenvalue weighted by atomic mass is 79.9. The highest BCUT2D eigenvalue weighted by Crippen LogP contribution is 2.39. The summed E-state index contributed by atoms with van der Waals surface area (Å²) in [7, 11) is 2.03. The van der Waals surface area contributed by atoms with Crippen molar-refractivity contribution in [1.29, 1.82) is 0 Å². The average molecular weight is 356 g/mol. The highest BCUT2D eigenvalue weighted by Gasteiger charge is 2.31. The van der Waals surface area contributed by atoms with Crippen LogP contribution < -0.4 is 5.32 Å². The van der Waals surface area contributed by atoms with E-state index < -0.39 is 0 Å². The fourth-order valence-electron chi connectivity index (χ4n) is 3.74. The second-order valence-electron chi connectivity index (χ2n) is 6.81. The van der Waals surface area contributed by atoms with Gasteiger partial charge in [-0.2, -0.15) is 0 Å². The number of rotatable bonds is 5. The molecule has 0 saturated heterocycles. The van der Waals surface area contributed by atoms with E-state index in [2.05, 4.69) is 41.2 Å². The van der Waals surface area contributed by atoms with E-state index in [1.807, 2.05) is 13.1 Å². The van der Waals surface area contributed by atoms with Crippen molar-refractivity contribution in [3.8, 4) is 0 Å². The van der Waals surface area contributed by atoms with Gasteiger partial charge in [-0.15, -0.1) is 0 Å². The van der Waals surface area contributed by atoms with E-state index in [-0.39, 0.29) is 5.82 Å². The van der Waals surface area contributed by atoms with Gasteiger partial charge in [-0.1, -0.05) is 26.0 Å². The number of halogens is 2. The monoisotopic (exact) mass is 355 g/mol. The lowest BCUT2D eigenvalue weighted by atomic mass is 9.68. The molecule has 118 valence electrons. The van der Waals surface area contributed by atoms with Crippen LogP contribution in [0.2, 0.25) is 0 Å². The van der Waals surface area contributed by atoms with Gasteiger partial charge in [0.25, 0.3) is 0 Å². The second-order valence-corrected chi connectivity index (χ2v) is 7.61. The summed E-state index contributed by atoms with van der Waals surface area (Å²) < 4.78 is 14.4. The number of hydrogen-bond acceptors (Lipinski definition) is 1. The molecule has 0 spiro atoms. The van der Waals surface area contributed by atoms with E-state index in [4.69, 9.17) is 0 Å². The SMILES string of the molecule is CNCC1CCC(C(C)C)CC1Cc1cccc(F)c1Br. The van der Waals surface area contributed by atoms with Crippen LogP contribution in [0.4, 0.5) is 4.39 Å². The summed E-state index contributed by atoms with van der Waals surface area (Å²) >= 11 is 3.42. The van der Waals surface area contributed by atoms with Crippen LogP contribution in [-0.2, 0) is 6.42 Å². The summed E-state index contributed by atoms with van der Waals surface area (Å²) in [6, 6.07) is 5.41. The molecule has 21 heavy (non-hydrogen) atoms. The molecule has 0 amide bonds. The fourth-order valence-corrected chi connectivity index (χ4v) is 4.16. The van der Waals surface area contributed by atoms with Crippen molar-refractivity contribution in [3.63, 3.8) is 0 Å². The molecule has 0 aliphatic heterocycles. The predicted octanol–water partition coefficient (Wildman–Crippen LogP) is 5.04. The van der Waals surface area contributed by atoms with Crippen LogP contribution in [0.1, 0.15) is 38.7 Å². The Bertz CT molecular complexity index is 461. The van der Waals surface area contributed by atoms with Crippen LogP contribution in [0.5, 0.6) is 0 Å². The first kappa shape index (κ1) is 17.0. The Hall–Kier alpha value is -0.410. The Morgan fingerprint density at radius 3 is 2.71 bits per heavy atom. The van der Waals surface area contributed by atoms with E-state index in [1.54, 1.807) is 0 Å². The fraction of sp³-hybridized carbons (Fsp3) is 0.667. The highest BCUT2D eigenvalue weighted by molar-refractivity contribution is 9.10. The topological polar surface area (TPSA) is 12.0 Å². The Balaban J connectivity index is 2.13. The first-order chi connectivity index (χ1) is 10.0. The maximum Gasteiger partial charge on any atom is 0.137 e. The summed E-state index contributed by atoms with van der Waals surface area (Å²) in [6.45, 7) is 5.73. The largest absolute Gasteiger partial charge is 0.319 e. The van der Waals surface area contributed by atoms with Gasteiger partial charge in [-0.3, -0.25) is 0 Å². The molecule has 2 rings (SSSR count). The molecule has 0 bridgehead atoms.